The van der Waals surface area contributed by atoms with Crippen molar-refractivity contribution in [3.63, 3.8) is 0 Å². The number of carbonyl (C=O) groups excluding carboxylic acids is 2. The van der Waals surface area contributed by atoms with Gasteiger partial charge in [-0.1, -0.05) is 38.5 Å². The van der Waals surface area contributed by atoms with Gasteiger partial charge in [0.15, 0.2) is 0 Å². The lowest BCUT2D eigenvalue weighted by molar-refractivity contribution is -0.137. The highest BCUT2D eigenvalue weighted by atomic mass is 16.4. The maximum absolute atomic E-state index is 12.4. The van der Waals surface area contributed by atoms with Crippen LogP contribution in [0.25, 0.3) is 0 Å². The summed E-state index contributed by atoms with van der Waals surface area (Å²) in [6, 6.07) is 5.26. The SMILES string of the molecule is CNc1ccc2c(c1)C(=O)N(CCCCCCCCCCC(=O)O)C2=O. The minimum absolute atomic E-state index is 0.189. The number of carbonyl (C=O) groups is 3. The van der Waals surface area contributed by atoms with Crippen LogP contribution in [0.4, 0.5) is 5.69 Å². The van der Waals surface area contributed by atoms with E-state index in [0.29, 0.717) is 17.7 Å². The molecule has 0 saturated heterocycles. The number of hydrogen-bond acceptors (Lipinski definition) is 4. The van der Waals surface area contributed by atoms with Crippen LogP contribution in [0.15, 0.2) is 18.2 Å². The molecule has 0 fully saturated rings. The molecule has 0 bridgehead atoms. The molecule has 26 heavy (non-hydrogen) atoms. The van der Waals surface area contributed by atoms with Gasteiger partial charge in [0, 0.05) is 25.7 Å². The number of benzene rings is 1. The monoisotopic (exact) mass is 360 g/mol. The highest BCUT2D eigenvalue weighted by Crippen LogP contribution is 2.26. The summed E-state index contributed by atoms with van der Waals surface area (Å²) in [6.07, 6.45) is 8.16. The first-order valence-corrected chi connectivity index (χ1v) is 9.44. The van der Waals surface area contributed by atoms with E-state index in [0.717, 1.165) is 57.1 Å². The molecule has 1 aliphatic rings. The first-order valence-electron chi connectivity index (χ1n) is 9.44. The molecule has 1 aromatic carbocycles. The molecular weight excluding hydrogens is 332 g/mol. The van der Waals surface area contributed by atoms with Crippen molar-refractivity contribution >= 4 is 23.5 Å². The summed E-state index contributed by atoms with van der Waals surface area (Å²) in [7, 11) is 1.78. The van der Waals surface area contributed by atoms with E-state index >= 15 is 0 Å². The second kappa shape index (κ2) is 9.94. The lowest BCUT2D eigenvalue weighted by atomic mass is 10.1. The summed E-state index contributed by atoms with van der Waals surface area (Å²) in [4.78, 5) is 36.6. The summed E-state index contributed by atoms with van der Waals surface area (Å²) in [5.74, 6) is -1.10. The molecular formula is C20H28N2O4. The number of rotatable bonds is 12. The van der Waals surface area contributed by atoms with Gasteiger partial charge in [0.25, 0.3) is 11.8 Å². The van der Waals surface area contributed by atoms with Gasteiger partial charge >= 0.3 is 5.97 Å². The molecule has 6 heteroatoms. The Morgan fingerprint density at radius 1 is 0.923 bits per heavy atom. The third-order valence-electron chi connectivity index (χ3n) is 4.78. The van der Waals surface area contributed by atoms with Gasteiger partial charge in [0.1, 0.15) is 0 Å². The summed E-state index contributed by atoms with van der Waals surface area (Å²) < 4.78 is 0. The van der Waals surface area contributed by atoms with Crippen molar-refractivity contribution in [2.24, 2.45) is 0 Å². The van der Waals surface area contributed by atoms with E-state index < -0.39 is 5.97 Å². The molecule has 1 aliphatic heterocycles. The third-order valence-corrected chi connectivity index (χ3v) is 4.78. The van der Waals surface area contributed by atoms with Gasteiger partial charge in [-0.3, -0.25) is 19.3 Å². The number of nitrogens with zero attached hydrogens (tertiary/aromatic N) is 1. The molecule has 2 N–H and O–H groups in total. The molecule has 0 aromatic heterocycles. The zero-order valence-corrected chi connectivity index (χ0v) is 15.4. The van der Waals surface area contributed by atoms with Gasteiger partial charge in [-0.2, -0.15) is 0 Å². The van der Waals surface area contributed by atoms with Gasteiger partial charge in [-0.05, 0) is 31.0 Å². The lowest BCUT2D eigenvalue weighted by Gasteiger charge is -2.13. The van der Waals surface area contributed by atoms with Crippen molar-refractivity contribution in [3.8, 4) is 0 Å². The lowest BCUT2D eigenvalue weighted by Crippen LogP contribution is -2.30. The number of fused-ring (bicyclic) bond motifs is 1. The van der Waals surface area contributed by atoms with Gasteiger partial charge in [-0.15, -0.1) is 0 Å². The van der Waals surface area contributed by atoms with Gasteiger partial charge in [0.05, 0.1) is 11.1 Å². The standard InChI is InChI=1S/C20H28N2O4/c1-21-15-11-12-16-17(14-15)20(26)22(19(16)25)13-9-7-5-3-2-4-6-8-10-18(23)24/h11-12,14,21H,2-10,13H2,1H3,(H,23,24). The van der Waals surface area contributed by atoms with Crippen LogP contribution < -0.4 is 5.32 Å². The number of unbranched alkanes of at least 4 members (excludes halogenated alkanes) is 7. The van der Waals surface area contributed by atoms with Crippen molar-refractivity contribution in [1.82, 2.24) is 4.90 Å². The fourth-order valence-electron chi connectivity index (χ4n) is 3.26. The van der Waals surface area contributed by atoms with Gasteiger partial charge in [-0.25, -0.2) is 0 Å². The molecule has 0 radical (unpaired) electrons. The average molecular weight is 360 g/mol. The van der Waals surface area contributed by atoms with E-state index in [9.17, 15) is 14.4 Å². The Morgan fingerprint density at radius 3 is 2.12 bits per heavy atom. The van der Waals surface area contributed by atoms with E-state index in [-0.39, 0.29) is 18.2 Å². The van der Waals surface area contributed by atoms with Crippen molar-refractivity contribution in [3.05, 3.63) is 29.3 Å². The number of carboxylic acids is 1. The maximum atomic E-state index is 12.4. The Labute approximate surface area is 154 Å². The zero-order chi connectivity index (χ0) is 18.9. The topological polar surface area (TPSA) is 86.7 Å². The molecule has 2 amide bonds. The van der Waals surface area contributed by atoms with E-state index in [2.05, 4.69) is 5.32 Å². The summed E-state index contributed by atoms with van der Waals surface area (Å²) in [5, 5.41) is 11.6. The van der Waals surface area contributed by atoms with E-state index in [1.165, 1.54) is 4.90 Å². The predicted octanol–water partition coefficient (Wildman–Crippen LogP) is 3.92. The number of hydrogen-bond donors (Lipinski definition) is 2. The number of amides is 2. The van der Waals surface area contributed by atoms with E-state index in [1.54, 1.807) is 19.2 Å². The largest absolute Gasteiger partial charge is 0.481 e. The number of imide groups is 1. The zero-order valence-electron chi connectivity index (χ0n) is 15.4. The molecule has 0 spiro atoms. The van der Waals surface area contributed by atoms with Crippen LogP contribution in [-0.2, 0) is 4.79 Å². The minimum Gasteiger partial charge on any atom is -0.481 e. The van der Waals surface area contributed by atoms with Gasteiger partial charge in [0.2, 0.25) is 0 Å². The predicted molar refractivity (Wildman–Crippen MR) is 101 cm³/mol. The average Bonchev–Trinajstić information content (AvgIpc) is 2.87. The Kier molecular flexibility index (Phi) is 7.63. The molecule has 0 aliphatic carbocycles. The highest BCUT2D eigenvalue weighted by molar-refractivity contribution is 6.21. The third kappa shape index (κ3) is 5.31. The van der Waals surface area contributed by atoms with E-state index in [1.807, 2.05) is 6.07 Å². The molecule has 142 valence electrons. The minimum atomic E-state index is -0.722. The second-order valence-corrected chi connectivity index (χ2v) is 6.74. The summed E-state index contributed by atoms with van der Waals surface area (Å²) >= 11 is 0. The molecule has 0 atom stereocenters. The number of aliphatic carboxylic acids is 1. The van der Waals surface area contributed by atoms with Crippen molar-refractivity contribution in [2.45, 2.75) is 57.8 Å². The Bertz CT molecular complexity index is 657. The summed E-state index contributed by atoms with van der Waals surface area (Å²) in [5.41, 5.74) is 1.81. The quantitative estimate of drug-likeness (QED) is 0.436. The Balaban J connectivity index is 1.62. The summed E-state index contributed by atoms with van der Waals surface area (Å²) in [6.45, 7) is 0.472. The first-order chi connectivity index (χ1) is 12.5. The van der Waals surface area contributed by atoms with Crippen molar-refractivity contribution in [1.29, 1.82) is 0 Å². The Morgan fingerprint density at radius 2 is 1.50 bits per heavy atom. The van der Waals surface area contributed by atoms with Crippen molar-refractivity contribution in [2.75, 3.05) is 18.9 Å². The van der Waals surface area contributed by atoms with Crippen LogP contribution in [0.1, 0.15) is 78.5 Å². The molecule has 0 unspecified atom stereocenters. The number of carboxylic acid groups (broad SMARTS) is 1. The molecule has 0 saturated carbocycles. The van der Waals surface area contributed by atoms with Crippen LogP contribution in [-0.4, -0.2) is 41.4 Å². The van der Waals surface area contributed by atoms with E-state index in [4.69, 9.17) is 5.11 Å². The number of anilines is 1. The van der Waals surface area contributed by atoms with Crippen molar-refractivity contribution < 1.29 is 19.5 Å². The fraction of sp³-hybridized carbons (Fsp3) is 0.550. The molecule has 1 heterocycles. The van der Waals surface area contributed by atoms with Crippen LogP contribution in [0.2, 0.25) is 0 Å². The van der Waals surface area contributed by atoms with Gasteiger partial charge < -0.3 is 10.4 Å². The molecule has 1 aromatic rings. The number of nitrogens with one attached hydrogen (secondary N) is 1. The Hall–Kier alpha value is -2.37. The smallest absolute Gasteiger partial charge is 0.303 e. The maximum Gasteiger partial charge on any atom is 0.303 e. The van der Waals surface area contributed by atoms with Crippen LogP contribution in [0, 0.1) is 0 Å². The van der Waals surface area contributed by atoms with Crippen LogP contribution >= 0.6 is 0 Å². The fourth-order valence-corrected chi connectivity index (χ4v) is 3.26. The molecule has 6 nitrogen and oxygen atoms in total. The first kappa shape index (κ1) is 19.9. The highest BCUT2D eigenvalue weighted by Gasteiger charge is 2.34. The van der Waals surface area contributed by atoms with Crippen LogP contribution in [0.3, 0.4) is 0 Å². The second-order valence-electron chi connectivity index (χ2n) is 6.74. The van der Waals surface area contributed by atoms with Crippen LogP contribution in [0.5, 0.6) is 0 Å². The normalized spacial score (nSPS) is 13.2. The molecule has 2 rings (SSSR count).